The molecule has 0 saturated heterocycles. The fourth-order valence-electron chi connectivity index (χ4n) is 4.44. The molecule has 1 unspecified atom stereocenters. The number of carbonyl (C=O) groups is 2. The van der Waals surface area contributed by atoms with Gasteiger partial charge in [-0.15, -0.1) is 0 Å². The average Bonchev–Trinajstić information content (AvgIpc) is 3.60. The lowest BCUT2D eigenvalue weighted by Crippen LogP contribution is -2.38. The van der Waals surface area contributed by atoms with Crippen LogP contribution in [0.5, 0.6) is 5.75 Å². The normalized spacial score (nSPS) is 16.5. The maximum Gasteiger partial charge on any atom is 0.338 e. The molecule has 194 valence electrons. The van der Waals surface area contributed by atoms with E-state index in [-0.39, 0.29) is 18.9 Å². The van der Waals surface area contributed by atoms with Gasteiger partial charge in [0.1, 0.15) is 18.1 Å². The number of thioether (sulfide) groups is 1. The van der Waals surface area contributed by atoms with Crippen molar-refractivity contribution in [3.8, 4) is 5.75 Å². The number of furan rings is 1. The van der Waals surface area contributed by atoms with Crippen molar-refractivity contribution < 1.29 is 23.5 Å². The van der Waals surface area contributed by atoms with Crippen molar-refractivity contribution in [1.29, 1.82) is 0 Å². The number of benzene rings is 2. The third kappa shape index (κ3) is 5.38. The van der Waals surface area contributed by atoms with Crippen LogP contribution < -0.4 is 10.1 Å². The second-order valence-corrected chi connectivity index (χ2v) is 9.57. The van der Waals surface area contributed by atoms with Crippen LogP contribution in [0.1, 0.15) is 36.3 Å². The summed E-state index contributed by atoms with van der Waals surface area (Å²) in [6.07, 6.45) is 1.67. The summed E-state index contributed by atoms with van der Waals surface area (Å²) in [4.78, 5) is 33.1. The molecular formula is C29H27N3O5S. The Bertz CT molecular complexity index is 1410. The quantitative estimate of drug-likeness (QED) is 0.375. The van der Waals surface area contributed by atoms with Gasteiger partial charge in [-0.05, 0) is 36.1 Å². The second kappa shape index (κ2) is 11.4. The van der Waals surface area contributed by atoms with Crippen molar-refractivity contribution >= 4 is 28.8 Å². The van der Waals surface area contributed by atoms with Gasteiger partial charge in [-0.25, -0.2) is 9.79 Å². The predicted molar refractivity (Wildman–Crippen MR) is 145 cm³/mol. The molecule has 0 fully saturated rings. The van der Waals surface area contributed by atoms with Gasteiger partial charge in [0, 0.05) is 11.3 Å². The Hall–Kier alpha value is -4.24. The van der Waals surface area contributed by atoms with E-state index in [4.69, 9.17) is 18.9 Å². The van der Waals surface area contributed by atoms with Gasteiger partial charge in [-0.2, -0.15) is 0 Å². The number of rotatable bonds is 9. The van der Waals surface area contributed by atoms with Crippen LogP contribution in [0.25, 0.3) is 0 Å². The van der Waals surface area contributed by atoms with E-state index in [2.05, 4.69) is 5.32 Å². The van der Waals surface area contributed by atoms with Crippen LogP contribution in [0.3, 0.4) is 0 Å². The van der Waals surface area contributed by atoms with E-state index < -0.39 is 12.0 Å². The van der Waals surface area contributed by atoms with Gasteiger partial charge < -0.3 is 24.1 Å². The van der Waals surface area contributed by atoms with Crippen LogP contribution >= 0.6 is 11.8 Å². The van der Waals surface area contributed by atoms with Gasteiger partial charge in [0.05, 0.1) is 43.7 Å². The van der Waals surface area contributed by atoms with Crippen LogP contribution in [-0.4, -0.2) is 29.1 Å². The molecule has 0 aliphatic carbocycles. The summed E-state index contributed by atoms with van der Waals surface area (Å²) in [6.45, 7) is 2.23. The molecule has 5 rings (SSSR count). The zero-order chi connectivity index (χ0) is 26.5. The minimum atomic E-state index is -0.582. The minimum Gasteiger partial charge on any atom is -0.496 e. The second-order valence-electron chi connectivity index (χ2n) is 8.73. The standard InChI is InChI=1S/C29H27N3O5S/c1-19-26(28(34)37-17-20-9-4-3-5-10-20)27(23-12-6-7-13-24(23)35-2)32-21(18-38-29(32)31-19)15-25(33)30-16-22-11-8-14-36-22/h3-14,18,27H,15-17H2,1-2H3,(H,30,33). The van der Waals surface area contributed by atoms with E-state index in [1.54, 1.807) is 32.4 Å². The number of nitrogens with zero attached hydrogens (tertiary/aromatic N) is 2. The number of nitrogens with one attached hydrogen (secondary N) is 1. The molecule has 2 aromatic carbocycles. The molecule has 3 aromatic rings. The molecule has 9 heteroatoms. The van der Waals surface area contributed by atoms with Gasteiger partial charge in [0.15, 0.2) is 5.17 Å². The first-order valence-electron chi connectivity index (χ1n) is 12.1. The van der Waals surface area contributed by atoms with Crippen molar-refractivity contribution in [2.45, 2.75) is 32.5 Å². The fourth-order valence-corrected chi connectivity index (χ4v) is 5.41. The molecular weight excluding hydrogens is 502 g/mol. The first-order valence-corrected chi connectivity index (χ1v) is 13.0. The van der Waals surface area contributed by atoms with Crippen LogP contribution in [0.15, 0.2) is 105 Å². The number of hydrogen-bond acceptors (Lipinski definition) is 8. The van der Waals surface area contributed by atoms with E-state index in [0.717, 1.165) is 16.8 Å². The molecule has 1 aromatic heterocycles. The molecule has 38 heavy (non-hydrogen) atoms. The Kier molecular flexibility index (Phi) is 7.65. The van der Waals surface area contributed by atoms with Crippen molar-refractivity contribution in [2.24, 2.45) is 4.99 Å². The fraction of sp³-hybridized carbons (Fsp3) is 0.207. The van der Waals surface area contributed by atoms with Crippen LogP contribution in [-0.2, 0) is 27.5 Å². The number of allylic oxidation sites excluding steroid dienone is 1. The first kappa shape index (κ1) is 25.4. The molecule has 0 radical (unpaired) electrons. The number of fused-ring (bicyclic) bond motifs is 1. The molecule has 2 aliphatic rings. The Balaban J connectivity index is 1.44. The summed E-state index contributed by atoms with van der Waals surface area (Å²) < 4.78 is 16.8. The number of amides is 1. The largest absolute Gasteiger partial charge is 0.496 e. The summed E-state index contributed by atoms with van der Waals surface area (Å²) in [6, 6.07) is 20.1. The first-order chi connectivity index (χ1) is 18.5. The number of amidine groups is 1. The Labute approximate surface area is 225 Å². The molecule has 1 atom stereocenters. The number of esters is 1. The lowest BCUT2D eigenvalue weighted by molar-refractivity contribution is -0.141. The topological polar surface area (TPSA) is 93.4 Å². The van der Waals surface area contributed by atoms with Crippen molar-refractivity contribution in [3.63, 3.8) is 0 Å². The predicted octanol–water partition coefficient (Wildman–Crippen LogP) is 5.31. The van der Waals surface area contributed by atoms with Crippen LogP contribution in [0, 0.1) is 0 Å². The summed E-state index contributed by atoms with van der Waals surface area (Å²) in [5, 5.41) is 5.48. The monoisotopic (exact) mass is 529 g/mol. The van der Waals surface area contributed by atoms with Crippen molar-refractivity contribution in [3.05, 3.63) is 112 Å². The minimum absolute atomic E-state index is 0.101. The van der Waals surface area contributed by atoms with E-state index in [9.17, 15) is 9.59 Å². The van der Waals surface area contributed by atoms with Crippen molar-refractivity contribution in [2.75, 3.05) is 7.11 Å². The molecule has 0 spiro atoms. The Morgan fingerprint density at radius 1 is 1.08 bits per heavy atom. The van der Waals surface area contributed by atoms with E-state index in [0.29, 0.717) is 34.5 Å². The molecule has 0 bridgehead atoms. The zero-order valence-electron chi connectivity index (χ0n) is 21.0. The van der Waals surface area contributed by atoms with E-state index in [1.165, 1.54) is 11.8 Å². The number of hydrogen-bond donors (Lipinski definition) is 1. The maximum absolute atomic E-state index is 13.6. The number of carbonyl (C=O) groups excluding carboxylic acids is 2. The average molecular weight is 530 g/mol. The maximum atomic E-state index is 13.6. The van der Waals surface area contributed by atoms with E-state index >= 15 is 0 Å². The van der Waals surface area contributed by atoms with Crippen LogP contribution in [0.4, 0.5) is 0 Å². The summed E-state index contributed by atoms with van der Waals surface area (Å²) in [5.41, 5.74) is 3.35. The van der Waals surface area contributed by atoms with Crippen molar-refractivity contribution in [1.82, 2.24) is 10.2 Å². The smallest absolute Gasteiger partial charge is 0.338 e. The lowest BCUT2D eigenvalue weighted by Gasteiger charge is -2.36. The van der Waals surface area contributed by atoms with Gasteiger partial charge >= 0.3 is 5.97 Å². The van der Waals surface area contributed by atoms with Gasteiger partial charge in [-0.1, -0.05) is 60.3 Å². The number of methoxy groups -OCH3 is 1. The molecule has 2 aliphatic heterocycles. The molecule has 0 saturated carbocycles. The highest BCUT2D eigenvalue weighted by atomic mass is 32.2. The van der Waals surface area contributed by atoms with E-state index in [1.807, 2.05) is 64.9 Å². The van der Waals surface area contributed by atoms with Gasteiger partial charge in [-0.3, -0.25) is 4.79 Å². The number of aliphatic imine (C=N–C) groups is 1. The number of para-hydroxylation sites is 1. The third-order valence-corrected chi connectivity index (χ3v) is 7.14. The number of ether oxygens (including phenoxy) is 2. The van der Waals surface area contributed by atoms with Gasteiger partial charge in [0.25, 0.3) is 0 Å². The lowest BCUT2D eigenvalue weighted by atomic mass is 9.93. The SMILES string of the molecule is COc1ccccc1C1C(C(=O)OCc2ccccc2)=C(C)N=C2SC=C(CC(=O)NCc3ccco3)N21. The highest BCUT2D eigenvalue weighted by Crippen LogP contribution is 2.46. The summed E-state index contributed by atoms with van der Waals surface area (Å²) in [5.74, 6) is 0.650. The highest BCUT2D eigenvalue weighted by Gasteiger charge is 2.42. The molecule has 8 nitrogen and oxygen atoms in total. The molecule has 1 N–H and O–H groups in total. The summed E-state index contributed by atoms with van der Waals surface area (Å²) in [7, 11) is 1.60. The molecule has 1 amide bonds. The highest BCUT2D eigenvalue weighted by molar-refractivity contribution is 8.16. The Morgan fingerprint density at radius 3 is 2.63 bits per heavy atom. The Morgan fingerprint density at radius 2 is 1.87 bits per heavy atom. The zero-order valence-corrected chi connectivity index (χ0v) is 21.9. The van der Waals surface area contributed by atoms with Crippen LogP contribution in [0.2, 0.25) is 0 Å². The third-order valence-electron chi connectivity index (χ3n) is 6.25. The summed E-state index contributed by atoms with van der Waals surface area (Å²) >= 11 is 1.42. The van der Waals surface area contributed by atoms with Gasteiger partial charge in [0.2, 0.25) is 5.91 Å². The molecule has 3 heterocycles.